The lowest BCUT2D eigenvalue weighted by Gasteiger charge is -2.12. The van der Waals surface area contributed by atoms with Crippen LogP contribution in [0, 0.1) is 0 Å². The Bertz CT molecular complexity index is 260. The van der Waals surface area contributed by atoms with Gasteiger partial charge >= 0.3 is 0 Å². The van der Waals surface area contributed by atoms with E-state index in [0.29, 0.717) is 4.77 Å². The molecule has 0 amide bonds. The van der Waals surface area contributed by atoms with Crippen LogP contribution >= 0.6 is 19.7 Å². The molecule has 0 saturated carbocycles. The van der Waals surface area contributed by atoms with Gasteiger partial charge in [0.1, 0.15) is 8.15 Å². The lowest BCUT2D eigenvalue weighted by atomic mass is 10.4. The summed E-state index contributed by atoms with van der Waals surface area (Å²) in [5, 5.41) is 1.09. The normalized spacial score (nSPS) is 12.5. The van der Waals surface area contributed by atoms with Crippen molar-refractivity contribution in [2.24, 2.45) is 0 Å². The van der Waals surface area contributed by atoms with E-state index in [1.165, 1.54) is 0 Å². The quantitative estimate of drug-likeness (QED) is 0.682. The highest BCUT2D eigenvalue weighted by molar-refractivity contribution is 7.67. The highest BCUT2D eigenvalue weighted by Gasteiger charge is 2.11. The van der Waals surface area contributed by atoms with E-state index in [9.17, 15) is 0 Å². The van der Waals surface area contributed by atoms with Crippen LogP contribution in [0.1, 0.15) is 0 Å². The number of benzene rings is 1. The molecule has 0 aliphatic rings. The van der Waals surface area contributed by atoms with Crippen molar-refractivity contribution < 1.29 is 4.52 Å². The van der Waals surface area contributed by atoms with Crippen LogP contribution in [0.3, 0.4) is 0 Å². The Labute approximate surface area is 78.8 Å². The average molecular weight is 201 g/mol. The second-order valence-electron chi connectivity index (χ2n) is 2.19. The van der Waals surface area contributed by atoms with Gasteiger partial charge in [-0.05, 0) is 0 Å². The van der Waals surface area contributed by atoms with Crippen LogP contribution in [-0.2, 0) is 4.52 Å². The molecule has 0 aromatic heterocycles. The summed E-state index contributed by atoms with van der Waals surface area (Å²) < 4.78 is 5.80. The Morgan fingerprint density at radius 1 is 1.42 bits per heavy atom. The minimum Gasteiger partial charge on any atom is -0.352 e. The fourth-order valence-corrected chi connectivity index (χ4v) is 2.54. The molecule has 1 unspecified atom stereocenters. The van der Waals surface area contributed by atoms with Gasteiger partial charge in [-0.2, -0.15) is 0 Å². The van der Waals surface area contributed by atoms with Crippen LogP contribution in [0.5, 0.6) is 0 Å². The first kappa shape index (κ1) is 9.73. The van der Waals surface area contributed by atoms with Crippen molar-refractivity contribution in [3.8, 4) is 0 Å². The molecule has 0 aliphatic carbocycles. The lowest BCUT2D eigenvalue weighted by molar-refractivity contribution is 0.473. The summed E-state index contributed by atoms with van der Waals surface area (Å²) in [4.78, 5) is 0. The van der Waals surface area contributed by atoms with E-state index in [-0.39, 0.29) is 0 Å². The molecule has 0 bridgehead atoms. The first-order valence-electron chi connectivity index (χ1n) is 3.49. The summed E-state index contributed by atoms with van der Waals surface area (Å²) in [5.74, 6) is 0. The van der Waals surface area contributed by atoms with E-state index in [0.717, 1.165) is 5.30 Å². The maximum atomic E-state index is 5.79. The Kier molecular flexibility index (Phi) is 3.74. The molecule has 0 heterocycles. The van der Waals surface area contributed by atoms with E-state index < -0.39 is 8.15 Å². The average Bonchev–Trinajstić information content (AvgIpc) is 2.07. The summed E-state index contributed by atoms with van der Waals surface area (Å²) in [5.41, 5.74) is 0. The van der Waals surface area contributed by atoms with Crippen molar-refractivity contribution in [1.82, 2.24) is 0 Å². The van der Waals surface area contributed by atoms with E-state index in [2.05, 4.69) is 6.58 Å². The van der Waals surface area contributed by atoms with E-state index in [1.54, 1.807) is 7.11 Å². The molecule has 0 radical (unpaired) electrons. The van der Waals surface area contributed by atoms with Gasteiger partial charge in [-0.1, -0.05) is 48.5 Å². The van der Waals surface area contributed by atoms with Crippen LogP contribution in [0.25, 0.3) is 0 Å². The van der Waals surface area contributed by atoms with Gasteiger partial charge in [-0.25, -0.2) is 0 Å². The van der Waals surface area contributed by atoms with E-state index in [1.807, 2.05) is 30.3 Å². The van der Waals surface area contributed by atoms with Gasteiger partial charge in [0.25, 0.3) is 0 Å². The second kappa shape index (κ2) is 4.61. The molecule has 0 aliphatic heterocycles. The zero-order chi connectivity index (χ0) is 8.97. The first-order valence-corrected chi connectivity index (χ1v) is 5.13. The maximum absolute atomic E-state index is 5.79. The summed E-state index contributed by atoms with van der Waals surface area (Å²) in [6, 6.07) is 9.86. The molecule has 12 heavy (non-hydrogen) atoms. The van der Waals surface area contributed by atoms with Gasteiger partial charge < -0.3 is 4.52 Å². The van der Waals surface area contributed by atoms with Crippen molar-refractivity contribution in [3.05, 3.63) is 41.7 Å². The van der Waals surface area contributed by atoms with Crippen molar-refractivity contribution in [3.63, 3.8) is 0 Å². The molecule has 3 heteroatoms. The largest absolute Gasteiger partial charge is 0.352 e. The van der Waals surface area contributed by atoms with Gasteiger partial charge in [-0.3, -0.25) is 0 Å². The highest BCUT2D eigenvalue weighted by atomic mass is 35.5. The number of hydrogen-bond donors (Lipinski definition) is 0. The number of hydrogen-bond acceptors (Lipinski definition) is 1. The smallest absolute Gasteiger partial charge is 0.102 e. The van der Waals surface area contributed by atoms with E-state index in [4.69, 9.17) is 16.1 Å². The molecule has 0 fully saturated rings. The Balaban J connectivity index is 2.88. The van der Waals surface area contributed by atoms with Gasteiger partial charge in [0.2, 0.25) is 0 Å². The first-order chi connectivity index (χ1) is 5.75. The lowest BCUT2D eigenvalue weighted by Crippen LogP contribution is -1.99. The fourth-order valence-electron chi connectivity index (χ4n) is 0.908. The topological polar surface area (TPSA) is 9.23 Å². The maximum Gasteiger partial charge on any atom is 0.102 e. The number of halogens is 1. The highest BCUT2D eigenvalue weighted by Crippen LogP contribution is 2.44. The second-order valence-corrected chi connectivity index (χ2v) is 4.92. The molecule has 0 spiro atoms. The molecular formula is C9H10ClOP. The molecular weight excluding hydrogens is 191 g/mol. The van der Waals surface area contributed by atoms with Gasteiger partial charge in [0.15, 0.2) is 0 Å². The van der Waals surface area contributed by atoms with Crippen molar-refractivity contribution in [2.75, 3.05) is 7.11 Å². The Hall–Kier alpha value is -0.360. The minimum absolute atomic E-state index is 0.568. The van der Waals surface area contributed by atoms with Gasteiger partial charge in [0.05, 0.1) is 4.77 Å². The zero-order valence-electron chi connectivity index (χ0n) is 6.83. The summed E-state index contributed by atoms with van der Waals surface area (Å²) >= 11 is 5.79. The molecule has 64 valence electrons. The minimum atomic E-state index is -0.842. The molecule has 1 atom stereocenters. The van der Waals surface area contributed by atoms with Crippen molar-refractivity contribution >= 4 is 25.1 Å². The Morgan fingerprint density at radius 3 is 2.42 bits per heavy atom. The van der Waals surface area contributed by atoms with Gasteiger partial charge in [0, 0.05) is 12.4 Å². The predicted octanol–water partition coefficient (Wildman–Crippen LogP) is 3.07. The van der Waals surface area contributed by atoms with Crippen LogP contribution in [0.4, 0.5) is 0 Å². The van der Waals surface area contributed by atoms with Crippen LogP contribution in [0.15, 0.2) is 41.7 Å². The van der Waals surface area contributed by atoms with E-state index >= 15 is 0 Å². The fraction of sp³-hybridized carbons (Fsp3) is 0.111. The summed E-state index contributed by atoms with van der Waals surface area (Å²) in [6.07, 6.45) is 0. The standard InChI is InChI=1S/C9H10ClOP/c1-8(10)12(11-2)9-6-4-3-5-7-9/h3-7H,1H2,2H3. The Morgan fingerprint density at radius 2 is 2.00 bits per heavy atom. The summed E-state index contributed by atoms with van der Waals surface area (Å²) in [6.45, 7) is 3.67. The van der Waals surface area contributed by atoms with Crippen LogP contribution in [0.2, 0.25) is 0 Å². The molecule has 0 saturated heterocycles. The molecule has 1 aromatic rings. The third-order valence-electron chi connectivity index (χ3n) is 1.39. The van der Waals surface area contributed by atoms with Crippen molar-refractivity contribution in [1.29, 1.82) is 0 Å². The zero-order valence-corrected chi connectivity index (χ0v) is 8.48. The SMILES string of the molecule is C=C(Cl)P(OC)c1ccccc1. The van der Waals surface area contributed by atoms with Crippen LogP contribution < -0.4 is 5.30 Å². The van der Waals surface area contributed by atoms with Crippen molar-refractivity contribution in [2.45, 2.75) is 0 Å². The third kappa shape index (κ3) is 2.31. The molecule has 0 N–H and O–H groups in total. The molecule has 1 rings (SSSR count). The molecule has 1 nitrogen and oxygen atoms in total. The predicted molar refractivity (Wildman–Crippen MR) is 55.0 cm³/mol. The van der Waals surface area contributed by atoms with Crippen LogP contribution in [-0.4, -0.2) is 7.11 Å². The third-order valence-corrected chi connectivity index (χ3v) is 3.43. The van der Waals surface area contributed by atoms with Gasteiger partial charge in [-0.15, -0.1) is 0 Å². The molecule has 1 aromatic carbocycles. The number of rotatable bonds is 3. The summed E-state index contributed by atoms with van der Waals surface area (Å²) in [7, 11) is 0.804. The monoisotopic (exact) mass is 200 g/mol.